The van der Waals surface area contributed by atoms with Gasteiger partial charge in [-0.1, -0.05) is 19.1 Å². The van der Waals surface area contributed by atoms with E-state index < -0.39 is 0 Å². The summed E-state index contributed by atoms with van der Waals surface area (Å²) < 4.78 is 4.65. The SMILES string of the molecule is C=CCN[C@@H](C(=O)OC)[C@H](C)C=C. The zero-order valence-corrected chi connectivity index (χ0v) is 8.25. The maximum atomic E-state index is 11.3. The molecule has 13 heavy (non-hydrogen) atoms. The Morgan fingerprint density at radius 1 is 1.62 bits per heavy atom. The second-order valence-corrected chi connectivity index (χ2v) is 2.79. The summed E-state index contributed by atoms with van der Waals surface area (Å²) in [5.41, 5.74) is 0. The fourth-order valence-electron chi connectivity index (χ4n) is 0.957. The summed E-state index contributed by atoms with van der Waals surface area (Å²) in [6.45, 7) is 9.68. The van der Waals surface area contributed by atoms with Gasteiger partial charge in [0.25, 0.3) is 0 Å². The third-order valence-corrected chi connectivity index (χ3v) is 1.83. The summed E-state index contributed by atoms with van der Waals surface area (Å²) >= 11 is 0. The van der Waals surface area contributed by atoms with E-state index >= 15 is 0 Å². The first kappa shape index (κ1) is 11.9. The van der Waals surface area contributed by atoms with E-state index in [-0.39, 0.29) is 17.9 Å². The molecule has 0 heterocycles. The number of nitrogens with one attached hydrogen (secondary N) is 1. The molecule has 0 radical (unpaired) electrons. The van der Waals surface area contributed by atoms with Crippen LogP contribution in [0.3, 0.4) is 0 Å². The maximum Gasteiger partial charge on any atom is 0.323 e. The van der Waals surface area contributed by atoms with Crippen LogP contribution in [0, 0.1) is 5.92 Å². The number of rotatable bonds is 6. The van der Waals surface area contributed by atoms with Crippen LogP contribution in [0.1, 0.15) is 6.92 Å². The third-order valence-electron chi connectivity index (χ3n) is 1.83. The lowest BCUT2D eigenvalue weighted by molar-refractivity contribution is -0.143. The molecule has 0 aliphatic carbocycles. The minimum atomic E-state index is -0.333. The predicted molar refractivity (Wildman–Crippen MR) is 53.4 cm³/mol. The molecule has 3 nitrogen and oxygen atoms in total. The molecule has 0 amide bonds. The van der Waals surface area contributed by atoms with Crippen LogP contribution in [0.4, 0.5) is 0 Å². The van der Waals surface area contributed by atoms with E-state index in [1.165, 1.54) is 7.11 Å². The molecule has 0 fully saturated rings. The van der Waals surface area contributed by atoms with Gasteiger partial charge in [0.05, 0.1) is 7.11 Å². The number of hydrogen-bond acceptors (Lipinski definition) is 3. The standard InChI is InChI=1S/C10H17NO2/c1-5-7-11-9(8(3)6-2)10(12)13-4/h5-6,8-9,11H,1-2,7H2,3-4H3/t8-,9-/m1/s1. The molecule has 0 aliphatic rings. The van der Waals surface area contributed by atoms with Crippen LogP contribution in [0.5, 0.6) is 0 Å². The van der Waals surface area contributed by atoms with Gasteiger partial charge < -0.3 is 10.1 Å². The van der Waals surface area contributed by atoms with Gasteiger partial charge in [0.1, 0.15) is 6.04 Å². The molecule has 0 aromatic carbocycles. The molecule has 0 aromatic heterocycles. The Morgan fingerprint density at radius 2 is 2.23 bits per heavy atom. The van der Waals surface area contributed by atoms with E-state index in [1.807, 2.05) is 6.92 Å². The lowest BCUT2D eigenvalue weighted by atomic mass is 10.0. The van der Waals surface area contributed by atoms with Crippen molar-refractivity contribution in [2.45, 2.75) is 13.0 Å². The van der Waals surface area contributed by atoms with Crippen molar-refractivity contribution in [2.24, 2.45) is 5.92 Å². The molecule has 0 aliphatic heterocycles. The van der Waals surface area contributed by atoms with Gasteiger partial charge in [-0.2, -0.15) is 0 Å². The Morgan fingerprint density at radius 3 is 2.62 bits per heavy atom. The maximum absolute atomic E-state index is 11.3. The van der Waals surface area contributed by atoms with Gasteiger partial charge >= 0.3 is 5.97 Å². The molecule has 0 rings (SSSR count). The fourth-order valence-corrected chi connectivity index (χ4v) is 0.957. The molecule has 2 atom stereocenters. The molecule has 0 aromatic rings. The first-order chi connectivity index (χ1) is 6.17. The second-order valence-electron chi connectivity index (χ2n) is 2.79. The Balaban J connectivity index is 4.25. The minimum absolute atomic E-state index is 0.0485. The van der Waals surface area contributed by atoms with Crippen molar-refractivity contribution in [3.63, 3.8) is 0 Å². The van der Waals surface area contributed by atoms with E-state index in [0.717, 1.165) is 0 Å². The summed E-state index contributed by atoms with van der Waals surface area (Å²) in [5.74, 6) is -0.221. The average Bonchev–Trinajstić information content (AvgIpc) is 2.17. The Hall–Kier alpha value is -1.09. The zero-order valence-electron chi connectivity index (χ0n) is 8.25. The smallest absolute Gasteiger partial charge is 0.323 e. The zero-order chi connectivity index (χ0) is 10.3. The summed E-state index contributed by atoms with van der Waals surface area (Å²) in [7, 11) is 1.38. The molecule has 3 heteroatoms. The number of esters is 1. The lowest BCUT2D eigenvalue weighted by Crippen LogP contribution is -2.42. The minimum Gasteiger partial charge on any atom is -0.468 e. The third kappa shape index (κ3) is 3.90. The van der Waals surface area contributed by atoms with Gasteiger partial charge in [0.2, 0.25) is 0 Å². The highest BCUT2D eigenvalue weighted by molar-refractivity contribution is 5.76. The Bertz CT molecular complexity index is 189. The first-order valence-corrected chi connectivity index (χ1v) is 4.22. The highest BCUT2D eigenvalue weighted by atomic mass is 16.5. The predicted octanol–water partition coefficient (Wildman–Crippen LogP) is 1.13. The van der Waals surface area contributed by atoms with Gasteiger partial charge in [0.15, 0.2) is 0 Å². The molecular weight excluding hydrogens is 166 g/mol. The van der Waals surface area contributed by atoms with Crippen LogP contribution in [0.15, 0.2) is 25.3 Å². The quantitative estimate of drug-likeness (QED) is 0.495. The van der Waals surface area contributed by atoms with Crippen molar-refractivity contribution in [3.05, 3.63) is 25.3 Å². The topological polar surface area (TPSA) is 38.3 Å². The van der Waals surface area contributed by atoms with Crippen LogP contribution in [0.25, 0.3) is 0 Å². The lowest BCUT2D eigenvalue weighted by Gasteiger charge is -2.19. The monoisotopic (exact) mass is 183 g/mol. The van der Waals surface area contributed by atoms with Crippen molar-refractivity contribution in [1.82, 2.24) is 5.32 Å². The van der Waals surface area contributed by atoms with E-state index in [4.69, 9.17) is 0 Å². The Labute approximate surface area is 79.5 Å². The van der Waals surface area contributed by atoms with E-state index in [2.05, 4.69) is 23.2 Å². The van der Waals surface area contributed by atoms with E-state index in [9.17, 15) is 4.79 Å². The van der Waals surface area contributed by atoms with E-state index in [1.54, 1.807) is 12.2 Å². The van der Waals surface area contributed by atoms with Crippen molar-refractivity contribution in [1.29, 1.82) is 0 Å². The average molecular weight is 183 g/mol. The van der Waals surface area contributed by atoms with Crippen molar-refractivity contribution in [3.8, 4) is 0 Å². The molecule has 0 spiro atoms. The van der Waals surface area contributed by atoms with Crippen LogP contribution in [0.2, 0.25) is 0 Å². The molecule has 0 saturated carbocycles. The summed E-state index contributed by atoms with van der Waals surface area (Å²) in [4.78, 5) is 11.3. The van der Waals surface area contributed by atoms with Gasteiger partial charge in [-0.05, 0) is 5.92 Å². The first-order valence-electron chi connectivity index (χ1n) is 4.22. The number of ether oxygens (including phenoxy) is 1. The van der Waals surface area contributed by atoms with Crippen LogP contribution in [-0.4, -0.2) is 25.7 Å². The van der Waals surface area contributed by atoms with Gasteiger partial charge in [-0.15, -0.1) is 13.2 Å². The normalized spacial score (nSPS) is 14.3. The summed E-state index contributed by atoms with van der Waals surface area (Å²) in [6, 6.07) is -0.333. The largest absolute Gasteiger partial charge is 0.468 e. The van der Waals surface area contributed by atoms with Crippen LogP contribution < -0.4 is 5.32 Å². The van der Waals surface area contributed by atoms with Crippen LogP contribution >= 0.6 is 0 Å². The number of hydrogen-bond donors (Lipinski definition) is 1. The van der Waals surface area contributed by atoms with E-state index in [0.29, 0.717) is 6.54 Å². The number of methoxy groups -OCH3 is 1. The molecule has 0 unspecified atom stereocenters. The Kier molecular flexibility index (Phi) is 5.89. The number of carbonyl (C=O) groups is 1. The molecule has 1 N–H and O–H groups in total. The van der Waals surface area contributed by atoms with Gasteiger partial charge in [0, 0.05) is 6.54 Å². The van der Waals surface area contributed by atoms with Crippen molar-refractivity contribution < 1.29 is 9.53 Å². The highest BCUT2D eigenvalue weighted by Gasteiger charge is 2.22. The summed E-state index contributed by atoms with van der Waals surface area (Å²) in [6.07, 6.45) is 3.42. The molecular formula is C10H17NO2. The van der Waals surface area contributed by atoms with Crippen LogP contribution in [-0.2, 0) is 9.53 Å². The molecule has 0 saturated heterocycles. The molecule has 0 bridgehead atoms. The van der Waals surface area contributed by atoms with Gasteiger partial charge in [-0.25, -0.2) is 0 Å². The van der Waals surface area contributed by atoms with Crippen molar-refractivity contribution in [2.75, 3.05) is 13.7 Å². The van der Waals surface area contributed by atoms with Crippen molar-refractivity contribution >= 4 is 5.97 Å². The van der Waals surface area contributed by atoms with Gasteiger partial charge in [-0.3, -0.25) is 4.79 Å². The number of carbonyl (C=O) groups excluding carboxylic acids is 1. The highest BCUT2D eigenvalue weighted by Crippen LogP contribution is 2.05. The fraction of sp³-hybridized carbons (Fsp3) is 0.500. The second kappa shape index (κ2) is 6.43. The molecule has 74 valence electrons. The summed E-state index contributed by atoms with van der Waals surface area (Å²) in [5, 5.41) is 3.01.